The Morgan fingerprint density at radius 3 is 1.59 bits per heavy atom. The van der Waals surface area contributed by atoms with E-state index in [0.717, 1.165) is 38.6 Å². The molecule has 0 aliphatic carbocycles. The topological polar surface area (TPSA) is 109 Å². The molecule has 0 radical (unpaired) electrons. The highest BCUT2D eigenvalue weighted by Crippen LogP contribution is 2.11. The number of rotatable bonds is 17. The Labute approximate surface area is 165 Å². The van der Waals surface area contributed by atoms with Gasteiger partial charge in [-0.1, -0.05) is 71.6 Å². The van der Waals surface area contributed by atoms with E-state index in [2.05, 4.69) is 12.2 Å². The van der Waals surface area contributed by atoms with Crippen LogP contribution in [-0.4, -0.2) is 29.4 Å². The largest absolute Gasteiger partial charge is 0.481 e. The predicted octanol–water partition coefficient (Wildman–Crippen LogP) is 4.55. The summed E-state index contributed by atoms with van der Waals surface area (Å²) < 4.78 is 0. The van der Waals surface area contributed by atoms with Gasteiger partial charge in [0, 0.05) is 25.8 Å². The second-order valence-corrected chi connectivity index (χ2v) is 6.95. The normalized spacial score (nSPS) is 10.0. The zero-order chi connectivity index (χ0) is 20.8. The first-order valence-corrected chi connectivity index (χ1v) is 10.7. The summed E-state index contributed by atoms with van der Waals surface area (Å²) in [4.78, 5) is 31.5. The number of nitrogens with two attached hydrogens (primary N) is 1. The second kappa shape index (κ2) is 22.5. The Bertz CT molecular complexity index is 373. The van der Waals surface area contributed by atoms with Crippen molar-refractivity contribution in [2.75, 3.05) is 6.54 Å². The maximum Gasteiger partial charge on any atom is 0.303 e. The van der Waals surface area contributed by atoms with Crippen LogP contribution < -0.4 is 11.1 Å². The molecule has 0 heterocycles. The predicted molar refractivity (Wildman–Crippen MR) is 110 cm³/mol. The van der Waals surface area contributed by atoms with Crippen LogP contribution in [0.2, 0.25) is 0 Å². The molecule has 0 spiro atoms. The fraction of sp³-hybridized carbons (Fsp3) is 0.857. The zero-order valence-corrected chi connectivity index (χ0v) is 17.6. The van der Waals surface area contributed by atoms with Crippen LogP contribution in [0.4, 0.5) is 0 Å². The lowest BCUT2D eigenvalue weighted by molar-refractivity contribution is -0.136. The molecule has 0 rings (SSSR count). The molecule has 0 fully saturated rings. The summed E-state index contributed by atoms with van der Waals surface area (Å²) in [6.07, 6.45) is 15.3. The van der Waals surface area contributed by atoms with Crippen LogP contribution in [0.3, 0.4) is 0 Å². The summed E-state index contributed by atoms with van der Waals surface area (Å²) in [7, 11) is 0. The Hall–Kier alpha value is -1.59. The summed E-state index contributed by atoms with van der Waals surface area (Å²) in [5.41, 5.74) is 5.10. The van der Waals surface area contributed by atoms with E-state index < -0.39 is 5.97 Å². The number of aliphatic carboxylic acids is 1. The lowest BCUT2D eigenvalue weighted by atomic mass is 10.1. The molecule has 0 aromatic carbocycles. The SMILES string of the molecule is CCC(=O)O.CCCCCNC(=O)CCCCCCCCCCCC(N)=O. The van der Waals surface area contributed by atoms with E-state index in [1.54, 1.807) is 6.92 Å². The number of hydrogen-bond donors (Lipinski definition) is 3. The average molecular weight is 387 g/mol. The molecular formula is C21H42N2O4. The maximum absolute atomic E-state index is 11.5. The molecule has 160 valence electrons. The quantitative estimate of drug-likeness (QED) is 0.318. The van der Waals surface area contributed by atoms with E-state index in [0.29, 0.717) is 12.8 Å². The summed E-state index contributed by atoms with van der Waals surface area (Å²) in [5.74, 6) is -0.718. The molecule has 6 heteroatoms. The molecule has 2 amide bonds. The van der Waals surface area contributed by atoms with Gasteiger partial charge in [-0.2, -0.15) is 0 Å². The molecule has 6 nitrogen and oxygen atoms in total. The Morgan fingerprint density at radius 2 is 1.19 bits per heavy atom. The Morgan fingerprint density at radius 1 is 0.741 bits per heavy atom. The van der Waals surface area contributed by atoms with Gasteiger partial charge < -0.3 is 16.2 Å². The minimum Gasteiger partial charge on any atom is -0.481 e. The van der Waals surface area contributed by atoms with Gasteiger partial charge in [0.15, 0.2) is 0 Å². The molecule has 0 saturated heterocycles. The first-order valence-electron chi connectivity index (χ1n) is 10.7. The minimum absolute atomic E-state index is 0.186. The third kappa shape index (κ3) is 29.4. The third-order valence-corrected chi connectivity index (χ3v) is 4.23. The van der Waals surface area contributed by atoms with E-state index in [-0.39, 0.29) is 18.2 Å². The standard InChI is InChI=1S/C18H36N2O2.C3H6O2/c1-2-3-13-16-20-18(22)15-12-10-8-6-4-5-7-9-11-14-17(19)21;1-2-3(4)5/h2-16H2,1H3,(H2,19,21)(H,20,22);2H2,1H3,(H,4,5). The van der Waals surface area contributed by atoms with Crippen molar-refractivity contribution in [1.82, 2.24) is 5.32 Å². The Kier molecular flexibility index (Phi) is 23.0. The molecule has 0 saturated carbocycles. The number of carboxylic acid groups (broad SMARTS) is 1. The van der Waals surface area contributed by atoms with Crippen LogP contribution in [0.1, 0.15) is 110 Å². The van der Waals surface area contributed by atoms with E-state index >= 15 is 0 Å². The molecule has 0 bridgehead atoms. The van der Waals surface area contributed by atoms with Gasteiger partial charge in [0.1, 0.15) is 0 Å². The summed E-state index contributed by atoms with van der Waals surface area (Å²) in [6.45, 7) is 4.60. The molecule has 0 aliphatic rings. The van der Waals surface area contributed by atoms with Crippen molar-refractivity contribution in [1.29, 1.82) is 0 Å². The molecule has 4 N–H and O–H groups in total. The highest BCUT2D eigenvalue weighted by Gasteiger charge is 2.00. The lowest BCUT2D eigenvalue weighted by Crippen LogP contribution is -2.23. The van der Waals surface area contributed by atoms with E-state index in [1.807, 2.05) is 0 Å². The highest BCUT2D eigenvalue weighted by molar-refractivity contribution is 5.75. The van der Waals surface area contributed by atoms with Crippen molar-refractivity contribution in [3.63, 3.8) is 0 Å². The molecule has 27 heavy (non-hydrogen) atoms. The smallest absolute Gasteiger partial charge is 0.303 e. The Balaban J connectivity index is 0. The molecular weight excluding hydrogens is 344 g/mol. The minimum atomic E-state index is -0.745. The van der Waals surface area contributed by atoms with Crippen LogP contribution in [0.5, 0.6) is 0 Å². The van der Waals surface area contributed by atoms with Crippen molar-refractivity contribution >= 4 is 17.8 Å². The molecule has 0 aromatic heterocycles. The fourth-order valence-electron chi connectivity index (χ4n) is 2.51. The average Bonchev–Trinajstić information content (AvgIpc) is 2.63. The van der Waals surface area contributed by atoms with Gasteiger partial charge >= 0.3 is 5.97 Å². The van der Waals surface area contributed by atoms with Crippen LogP contribution >= 0.6 is 0 Å². The number of carbonyl (C=O) groups excluding carboxylic acids is 2. The van der Waals surface area contributed by atoms with E-state index in [4.69, 9.17) is 10.8 Å². The van der Waals surface area contributed by atoms with E-state index in [1.165, 1.54) is 44.9 Å². The number of carboxylic acids is 1. The monoisotopic (exact) mass is 386 g/mol. The number of nitrogens with one attached hydrogen (secondary N) is 1. The van der Waals surface area contributed by atoms with Crippen molar-refractivity contribution in [2.24, 2.45) is 5.73 Å². The van der Waals surface area contributed by atoms with Crippen LogP contribution in [0, 0.1) is 0 Å². The fourth-order valence-corrected chi connectivity index (χ4v) is 2.51. The van der Waals surface area contributed by atoms with Gasteiger partial charge in [-0.25, -0.2) is 0 Å². The van der Waals surface area contributed by atoms with Crippen LogP contribution in [0.25, 0.3) is 0 Å². The lowest BCUT2D eigenvalue weighted by Gasteiger charge is -2.05. The molecule has 0 atom stereocenters. The molecule has 0 aromatic rings. The van der Waals surface area contributed by atoms with Gasteiger partial charge in [0.2, 0.25) is 11.8 Å². The first-order chi connectivity index (χ1) is 12.9. The third-order valence-electron chi connectivity index (χ3n) is 4.23. The summed E-state index contributed by atoms with van der Waals surface area (Å²) in [6, 6.07) is 0. The number of primary amides is 1. The number of amides is 2. The first kappa shape index (κ1) is 27.6. The van der Waals surface area contributed by atoms with Crippen molar-refractivity contribution in [3.8, 4) is 0 Å². The van der Waals surface area contributed by atoms with Gasteiger partial charge in [-0.05, 0) is 19.3 Å². The number of carbonyl (C=O) groups is 3. The van der Waals surface area contributed by atoms with Crippen molar-refractivity contribution in [2.45, 2.75) is 110 Å². The van der Waals surface area contributed by atoms with Gasteiger partial charge in [-0.3, -0.25) is 14.4 Å². The van der Waals surface area contributed by atoms with Crippen LogP contribution in [-0.2, 0) is 14.4 Å². The summed E-state index contributed by atoms with van der Waals surface area (Å²) in [5, 5.41) is 10.7. The second-order valence-electron chi connectivity index (χ2n) is 6.95. The summed E-state index contributed by atoms with van der Waals surface area (Å²) >= 11 is 0. The molecule has 0 unspecified atom stereocenters. The zero-order valence-electron chi connectivity index (χ0n) is 17.6. The van der Waals surface area contributed by atoms with Gasteiger partial charge in [-0.15, -0.1) is 0 Å². The van der Waals surface area contributed by atoms with Gasteiger partial charge in [0.05, 0.1) is 0 Å². The van der Waals surface area contributed by atoms with Gasteiger partial charge in [0.25, 0.3) is 0 Å². The van der Waals surface area contributed by atoms with Crippen LogP contribution in [0.15, 0.2) is 0 Å². The molecule has 0 aliphatic heterocycles. The van der Waals surface area contributed by atoms with Crippen molar-refractivity contribution in [3.05, 3.63) is 0 Å². The van der Waals surface area contributed by atoms with E-state index in [9.17, 15) is 14.4 Å². The number of unbranched alkanes of at least 4 members (excludes halogenated alkanes) is 10. The highest BCUT2D eigenvalue weighted by atomic mass is 16.4. The van der Waals surface area contributed by atoms with Crippen molar-refractivity contribution < 1.29 is 19.5 Å². The maximum atomic E-state index is 11.5. The number of hydrogen-bond acceptors (Lipinski definition) is 3.